The number of hydrogen-bond donors (Lipinski definition) is 1. The first-order valence-corrected chi connectivity index (χ1v) is 5.74. The Morgan fingerprint density at radius 3 is 2.52 bits per heavy atom. The molecule has 0 unspecified atom stereocenters. The second-order valence-electron chi connectivity index (χ2n) is 3.89. The van der Waals surface area contributed by atoms with E-state index in [4.69, 9.17) is 15.8 Å². The second kappa shape index (κ2) is 5.96. The number of nitrogens with one attached hydrogen (secondary N) is 1. The molecule has 0 saturated carbocycles. The number of rotatable bonds is 3. The van der Waals surface area contributed by atoms with Crippen molar-refractivity contribution in [3.8, 4) is 29.6 Å². The first-order valence-electron chi connectivity index (χ1n) is 5.74. The van der Waals surface area contributed by atoms with E-state index in [2.05, 4.69) is 20.7 Å². The van der Waals surface area contributed by atoms with Gasteiger partial charge in [0.2, 0.25) is 5.82 Å². The Bertz CT molecular complexity index is 809. The zero-order chi connectivity index (χ0) is 15.2. The van der Waals surface area contributed by atoms with Crippen LogP contribution in [0.4, 0.5) is 5.69 Å². The lowest BCUT2D eigenvalue weighted by Gasteiger charge is -2.05. The Kier molecular flexibility index (Phi) is 3.90. The van der Waals surface area contributed by atoms with Crippen molar-refractivity contribution in [3.05, 3.63) is 35.5 Å². The Labute approximate surface area is 120 Å². The number of aromatic nitrogens is 4. The summed E-state index contributed by atoms with van der Waals surface area (Å²) in [6.45, 7) is 0. The van der Waals surface area contributed by atoms with Gasteiger partial charge in [-0.3, -0.25) is 0 Å². The molecule has 1 N–H and O–H groups in total. The summed E-state index contributed by atoms with van der Waals surface area (Å²) >= 11 is 0. The molecule has 0 aliphatic carbocycles. The van der Waals surface area contributed by atoms with Crippen LogP contribution < -0.4 is 5.32 Å². The third-order valence-corrected chi connectivity index (χ3v) is 2.48. The van der Waals surface area contributed by atoms with Gasteiger partial charge >= 0.3 is 0 Å². The Morgan fingerprint density at radius 1 is 1.19 bits per heavy atom. The third-order valence-electron chi connectivity index (χ3n) is 2.48. The predicted octanol–water partition coefficient (Wildman–Crippen LogP) is 1.11. The molecular formula is C13H8N8. The van der Waals surface area contributed by atoms with E-state index < -0.39 is 0 Å². The molecule has 0 fully saturated rings. The quantitative estimate of drug-likeness (QED) is 0.831. The number of benzene rings is 1. The van der Waals surface area contributed by atoms with Gasteiger partial charge in [-0.1, -0.05) is 12.1 Å². The van der Waals surface area contributed by atoms with Crippen LogP contribution >= 0.6 is 0 Å². The summed E-state index contributed by atoms with van der Waals surface area (Å²) in [5.74, 6) is 0.435. The summed E-state index contributed by atoms with van der Waals surface area (Å²) in [6.07, 6.45) is 0. The molecule has 1 aromatic carbocycles. The highest BCUT2D eigenvalue weighted by atomic mass is 15.6. The number of aryl methyl sites for hydroxylation is 1. The van der Waals surface area contributed by atoms with E-state index in [0.717, 1.165) is 0 Å². The fourth-order valence-corrected chi connectivity index (χ4v) is 1.56. The van der Waals surface area contributed by atoms with Crippen LogP contribution in [-0.2, 0) is 7.05 Å². The first-order chi connectivity index (χ1) is 10.2. The lowest BCUT2D eigenvalue weighted by atomic mass is 10.1. The molecule has 1 aromatic heterocycles. The van der Waals surface area contributed by atoms with Crippen LogP contribution in [-0.4, -0.2) is 20.2 Å². The zero-order valence-corrected chi connectivity index (χ0v) is 10.9. The molecule has 2 rings (SSSR count). The molecule has 0 spiro atoms. The van der Waals surface area contributed by atoms with Gasteiger partial charge in [0.05, 0.1) is 7.05 Å². The largest absolute Gasteiger partial charge is 0.345 e. The van der Waals surface area contributed by atoms with E-state index in [9.17, 15) is 0 Å². The van der Waals surface area contributed by atoms with Crippen LogP contribution in [0, 0.1) is 34.0 Å². The van der Waals surface area contributed by atoms with E-state index in [1.807, 2.05) is 0 Å². The van der Waals surface area contributed by atoms with Crippen LogP contribution in [0.5, 0.6) is 0 Å². The van der Waals surface area contributed by atoms with Crippen molar-refractivity contribution >= 4 is 5.69 Å². The molecule has 0 bridgehead atoms. The molecule has 0 aliphatic heterocycles. The van der Waals surface area contributed by atoms with Gasteiger partial charge in [-0.2, -0.15) is 20.6 Å². The van der Waals surface area contributed by atoms with Gasteiger partial charge in [-0.15, -0.1) is 10.2 Å². The Hall–Kier alpha value is -3.70. The summed E-state index contributed by atoms with van der Waals surface area (Å²) in [7, 11) is 1.65. The van der Waals surface area contributed by atoms with Crippen molar-refractivity contribution in [1.82, 2.24) is 20.2 Å². The van der Waals surface area contributed by atoms with Crippen molar-refractivity contribution in [2.24, 2.45) is 7.05 Å². The molecule has 0 radical (unpaired) electrons. The minimum atomic E-state index is -0.277. The predicted molar refractivity (Wildman–Crippen MR) is 71.7 cm³/mol. The van der Waals surface area contributed by atoms with Crippen molar-refractivity contribution in [3.63, 3.8) is 0 Å². The smallest absolute Gasteiger partial charge is 0.204 e. The fraction of sp³-hybridized carbons (Fsp3) is 0.0769. The average molecular weight is 276 g/mol. The summed E-state index contributed by atoms with van der Waals surface area (Å²) in [4.78, 5) is 1.33. The van der Waals surface area contributed by atoms with Crippen LogP contribution in [0.1, 0.15) is 0 Å². The van der Waals surface area contributed by atoms with Gasteiger partial charge in [0, 0.05) is 11.3 Å². The van der Waals surface area contributed by atoms with Crippen molar-refractivity contribution in [1.29, 1.82) is 15.8 Å². The minimum absolute atomic E-state index is 0.107. The maximum absolute atomic E-state index is 9.00. The number of nitrogens with zero attached hydrogens (tertiary/aromatic N) is 7. The number of tetrazole rings is 1. The molecule has 100 valence electrons. The maximum Gasteiger partial charge on any atom is 0.204 e. The molecule has 0 amide bonds. The van der Waals surface area contributed by atoms with Crippen molar-refractivity contribution in [2.45, 2.75) is 0 Å². The molecule has 0 saturated heterocycles. The van der Waals surface area contributed by atoms with Gasteiger partial charge in [0.1, 0.15) is 23.9 Å². The number of nitriles is 3. The highest BCUT2D eigenvalue weighted by molar-refractivity contribution is 5.65. The molecular weight excluding hydrogens is 268 g/mol. The molecule has 21 heavy (non-hydrogen) atoms. The summed E-state index contributed by atoms with van der Waals surface area (Å²) < 4.78 is 0. The van der Waals surface area contributed by atoms with E-state index in [1.165, 1.54) is 4.80 Å². The number of anilines is 1. The highest BCUT2D eigenvalue weighted by Gasteiger charge is 2.08. The molecule has 1 heterocycles. The SMILES string of the molecule is Cn1nnc(-c2cccc(NC(C#N)=C(C#N)C#N)c2)n1. The van der Waals surface area contributed by atoms with Crippen molar-refractivity contribution in [2.75, 3.05) is 5.32 Å². The first kappa shape index (κ1) is 13.7. The summed E-state index contributed by atoms with van der Waals surface area (Å²) in [5, 5.41) is 41.0. The van der Waals surface area contributed by atoms with Gasteiger partial charge in [-0.05, 0) is 17.3 Å². The van der Waals surface area contributed by atoms with Crippen LogP contribution in [0.15, 0.2) is 35.5 Å². The summed E-state index contributed by atoms with van der Waals surface area (Å²) in [6, 6.07) is 12.0. The molecule has 0 aliphatic rings. The van der Waals surface area contributed by atoms with Crippen LogP contribution in [0.25, 0.3) is 11.4 Å². The van der Waals surface area contributed by atoms with Gasteiger partial charge in [-0.25, -0.2) is 0 Å². The second-order valence-corrected chi connectivity index (χ2v) is 3.89. The molecule has 8 nitrogen and oxygen atoms in total. The van der Waals surface area contributed by atoms with Gasteiger partial charge in [0.25, 0.3) is 0 Å². The van der Waals surface area contributed by atoms with Crippen LogP contribution in [0.3, 0.4) is 0 Å². The van der Waals surface area contributed by atoms with E-state index in [-0.39, 0.29) is 11.3 Å². The third kappa shape index (κ3) is 3.01. The average Bonchev–Trinajstić information content (AvgIpc) is 2.94. The molecule has 2 aromatic rings. The Morgan fingerprint density at radius 2 is 1.95 bits per heavy atom. The van der Waals surface area contributed by atoms with Gasteiger partial charge < -0.3 is 5.32 Å². The molecule has 8 heteroatoms. The van der Waals surface area contributed by atoms with E-state index in [1.54, 1.807) is 49.5 Å². The topological polar surface area (TPSA) is 127 Å². The Balaban J connectivity index is 2.36. The summed E-state index contributed by atoms with van der Waals surface area (Å²) in [5.41, 5.74) is 0.852. The maximum atomic E-state index is 9.00. The van der Waals surface area contributed by atoms with E-state index in [0.29, 0.717) is 17.1 Å². The monoisotopic (exact) mass is 276 g/mol. The zero-order valence-electron chi connectivity index (χ0n) is 10.9. The normalized spacial score (nSPS) is 9.05. The number of hydrogen-bond acceptors (Lipinski definition) is 7. The standard InChI is InChI=1S/C13H8N8/c1-21-19-13(18-20-21)9-3-2-4-11(5-9)17-12(8-16)10(6-14)7-15/h2-5,17H,1H3. The minimum Gasteiger partial charge on any atom is -0.345 e. The van der Waals surface area contributed by atoms with Crippen LogP contribution in [0.2, 0.25) is 0 Å². The van der Waals surface area contributed by atoms with Crippen molar-refractivity contribution < 1.29 is 0 Å². The molecule has 0 atom stereocenters. The van der Waals surface area contributed by atoms with Gasteiger partial charge in [0.15, 0.2) is 5.57 Å². The lowest BCUT2D eigenvalue weighted by molar-refractivity contribution is 0.630. The number of allylic oxidation sites excluding steroid dienone is 2. The fourth-order valence-electron chi connectivity index (χ4n) is 1.56. The highest BCUT2D eigenvalue weighted by Crippen LogP contribution is 2.20. The lowest BCUT2D eigenvalue weighted by Crippen LogP contribution is -2.00. The van der Waals surface area contributed by atoms with E-state index >= 15 is 0 Å².